The molecule has 1 aliphatic carbocycles. The molecule has 1 saturated heterocycles. The molecule has 1 saturated carbocycles. The van der Waals surface area contributed by atoms with Gasteiger partial charge in [0.2, 0.25) is 17.7 Å². The number of hydrazine groups is 1. The molecule has 2 bridgehead atoms. The van der Waals surface area contributed by atoms with Gasteiger partial charge in [-0.15, -0.1) is 0 Å². The fourth-order valence-electron chi connectivity index (χ4n) is 5.06. The number of rotatable bonds is 2. The third kappa shape index (κ3) is 3.11. The first kappa shape index (κ1) is 19.1. The number of nitrogens with one attached hydrogen (secondary N) is 2. The molecule has 2 N–H and O–H groups in total. The summed E-state index contributed by atoms with van der Waals surface area (Å²) in [6.45, 7) is 5.37. The Balaban J connectivity index is 1.78. The lowest BCUT2D eigenvalue weighted by Gasteiger charge is -2.55. The maximum Gasteiger partial charge on any atom is 0.269 e. The van der Waals surface area contributed by atoms with Crippen LogP contribution >= 0.6 is 0 Å². The predicted octanol–water partition coefficient (Wildman–Crippen LogP) is 1.65. The van der Waals surface area contributed by atoms with Crippen molar-refractivity contribution in [2.24, 2.45) is 16.2 Å². The Labute approximate surface area is 158 Å². The van der Waals surface area contributed by atoms with Gasteiger partial charge < -0.3 is 0 Å². The molecular weight excluding hydrogens is 346 g/mol. The van der Waals surface area contributed by atoms with Gasteiger partial charge in [-0.05, 0) is 31.4 Å². The quantitative estimate of drug-likeness (QED) is 0.610. The Morgan fingerprint density at radius 2 is 1.41 bits per heavy atom. The van der Waals surface area contributed by atoms with E-state index in [1.165, 1.54) is 11.9 Å². The maximum atomic E-state index is 12.9. The monoisotopic (exact) mass is 371 g/mol. The molecule has 2 fully saturated rings. The van der Waals surface area contributed by atoms with E-state index in [1.54, 1.807) is 37.3 Å². The lowest BCUT2D eigenvalue weighted by molar-refractivity contribution is -0.178. The Hall–Kier alpha value is -2.70. The number of piperidine rings is 1. The van der Waals surface area contributed by atoms with E-state index in [-0.39, 0.29) is 11.8 Å². The number of carbonyl (C=O) groups excluding carboxylic acids is 4. The van der Waals surface area contributed by atoms with Gasteiger partial charge in [0.25, 0.3) is 5.91 Å². The van der Waals surface area contributed by atoms with Crippen molar-refractivity contribution in [1.29, 1.82) is 0 Å². The van der Waals surface area contributed by atoms with Crippen LogP contribution in [0.1, 0.15) is 50.4 Å². The first-order valence-corrected chi connectivity index (χ1v) is 8.99. The summed E-state index contributed by atoms with van der Waals surface area (Å²) in [4.78, 5) is 51.6. The van der Waals surface area contributed by atoms with Crippen molar-refractivity contribution in [3.63, 3.8) is 0 Å². The van der Waals surface area contributed by atoms with E-state index in [2.05, 4.69) is 10.9 Å². The van der Waals surface area contributed by atoms with Gasteiger partial charge in [-0.25, -0.2) is 0 Å². The van der Waals surface area contributed by atoms with Gasteiger partial charge in [0.05, 0.1) is 5.41 Å². The Morgan fingerprint density at radius 3 is 1.93 bits per heavy atom. The third-order valence-corrected chi connectivity index (χ3v) is 5.86. The molecular formula is C20H25N3O4. The van der Waals surface area contributed by atoms with Crippen molar-refractivity contribution in [1.82, 2.24) is 15.8 Å². The molecule has 2 aliphatic rings. The van der Waals surface area contributed by atoms with Crippen molar-refractivity contribution >= 4 is 23.6 Å². The summed E-state index contributed by atoms with van der Waals surface area (Å²) in [6, 6.07) is 8.54. The van der Waals surface area contributed by atoms with Gasteiger partial charge >= 0.3 is 0 Å². The van der Waals surface area contributed by atoms with Crippen molar-refractivity contribution in [3.05, 3.63) is 35.9 Å². The summed E-state index contributed by atoms with van der Waals surface area (Å²) in [5, 5.41) is 0. The van der Waals surface area contributed by atoms with Crippen molar-refractivity contribution in [2.45, 2.75) is 40.0 Å². The van der Waals surface area contributed by atoms with Crippen LogP contribution in [0.25, 0.3) is 0 Å². The zero-order valence-corrected chi connectivity index (χ0v) is 16.1. The standard InChI is InChI=1S/C20H25N3O4/c1-18(15(25)22-21-14(24)13-8-6-5-7-9-13)10-19(2)12-20(3,11-18)17(27)23(4)16(19)26/h5-9H,10-12H2,1-4H3,(H,21,24)(H,22,25). The van der Waals surface area contributed by atoms with Crippen LogP contribution in [-0.2, 0) is 14.4 Å². The topological polar surface area (TPSA) is 95.6 Å². The molecule has 3 rings (SSSR count). The highest BCUT2D eigenvalue weighted by Gasteiger charge is 2.62. The second-order valence-electron chi connectivity index (χ2n) is 8.66. The Kier molecular flexibility index (Phi) is 4.37. The fraction of sp³-hybridized carbons (Fsp3) is 0.500. The highest BCUT2D eigenvalue weighted by Crippen LogP contribution is 2.58. The molecule has 0 radical (unpaired) electrons. The summed E-state index contributed by atoms with van der Waals surface area (Å²) >= 11 is 0. The average molecular weight is 371 g/mol. The van der Waals surface area contributed by atoms with E-state index < -0.39 is 28.1 Å². The maximum absolute atomic E-state index is 12.9. The number of carbonyl (C=O) groups is 4. The number of likely N-dealkylation sites (tertiary alicyclic amines) is 1. The molecule has 7 nitrogen and oxygen atoms in total. The summed E-state index contributed by atoms with van der Waals surface area (Å²) in [5.74, 6) is -1.32. The summed E-state index contributed by atoms with van der Waals surface area (Å²) in [6.07, 6.45) is 1.07. The second kappa shape index (κ2) is 6.18. The number of hydrogen-bond donors (Lipinski definition) is 2. The second-order valence-corrected chi connectivity index (χ2v) is 8.66. The molecule has 0 aromatic heterocycles. The largest absolute Gasteiger partial charge is 0.285 e. The molecule has 7 heteroatoms. The van der Waals surface area contributed by atoms with E-state index >= 15 is 0 Å². The van der Waals surface area contributed by atoms with E-state index in [4.69, 9.17) is 0 Å². The lowest BCUT2D eigenvalue weighted by Crippen LogP contribution is -2.64. The molecule has 1 aromatic rings. The van der Waals surface area contributed by atoms with Crippen molar-refractivity contribution < 1.29 is 19.2 Å². The lowest BCUT2D eigenvalue weighted by atomic mass is 9.51. The molecule has 1 heterocycles. The first-order chi connectivity index (χ1) is 12.5. The van der Waals surface area contributed by atoms with Gasteiger partial charge in [-0.3, -0.25) is 34.9 Å². The van der Waals surface area contributed by atoms with Crippen LogP contribution in [0.2, 0.25) is 0 Å². The van der Waals surface area contributed by atoms with Crippen molar-refractivity contribution in [2.75, 3.05) is 7.05 Å². The SMILES string of the molecule is CN1C(=O)C2(C)CC(C)(C(=O)NNC(=O)c3ccccc3)CC(C)(C2)C1=O. The van der Waals surface area contributed by atoms with Crippen LogP contribution in [0.3, 0.4) is 0 Å². The van der Waals surface area contributed by atoms with Crippen LogP contribution in [0, 0.1) is 16.2 Å². The van der Waals surface area contributed by atoms with E-state index in [9.17, 15) is 19.2 Å². The predicted molar refractivity (Wildman–Crippen MR) is 98.0 cm³/mol. The fourth-order valence-corrected chi connectivity index (χ4v) is 5.06. The van der Waals surface area contributed by atoms with E-state index in [0.29, 0.717) is 24.8 Å². The van der Waals surface area contributed by atoms with E-state index in [0.717, 1.165) is 0 Å². The number of imide groups is 1. The number of hydrogen-bond acceptors (Lipinski definition) is 4. The molecule has 144 valence electrons. The van der Waals surface area contributed by atoms with Gasteiger partial charge in [-0.2, -0.15) is 0 Å². The van der Waals surface area contributed by atoms with Gasteiger partial charge in [0.1, 0.15) is 0 Å². The zero-order valence-electron chi connectivity index (χ0n) is 16.1. The first-order valence-electron chi connectivity index (χ1n) is 8.99. The Bertz CT molecular complexity index is 792. The molecule has 27 heavy (non-hydrogen) atoms. The highest BCUT2D eigenvalue weighted by molar-refractivity contribution is 6.04. The molecule has 1 aliphatic heterocycles. The number of fused-ring (bicyclic) bond motifs is 2. The minimum absolute atomic E-state index is 0.253. The van der Waals surface area contributed by atoms with Gasteiger partial charge in [0.15, 0.2) is 0 Å². The van der Waals surface area contributed by atoms with Gasteiger partial charge in [0, 0.05) is 23.4 Å². The molecule has 1 aromatic carbocycles. The third-order valence-electron chi connectivity index (χ3n) is 5.86. The van der Waals surface area contributed by atoms with Crippen LogP contribution < -0.4 is 10.9 Å². The van der Waals surface area contributed by atoms with Crippen LogP contribution in [-0.4, -0.2) is 35.6 Å². The summed E-state index contributed by atoms with van der Waals surface area (Å²) < 4.78 is 0. The summed E-state index contributed by atoms with van der Waals surface area (Å²) in [5.41, 5.74) is 2.81. The van der Waals surface area contributed by atoms with Crippen LogP contribution in [0.4, 0.5) is 0 Å². The number of amides is 4. The van der Waals surface area contributed by atoms with Crippen LogP contribution in [0.5, 0.6) is 0 Å². The molecule has 2 unspecified atom stereocenters. The minimum Gasteiger partial charge on any atom is -0.285 e. The van der Waals surface area contributed by atoms with Crippen molar-refractivity contribution in [3.8, 4) is 0 Å². The zero-order chi connectivity index (χ0) is 20.0. The highest BCUT2D eigenvalue weighted by atomic mass is 16.2. The number of nitrogens with zero attached hydrogens (tertiary/aromatic N) is 1. The minimum atomic E-state index is -0.946. The van der Waals surface area contributed by atoms with Crippen LogP contribution in [0.15, 0.2) is 30.3 Å². The molecule has 4 amide bonds. The normalized spacial score (nSPS) is 32.8. The average Bonchev–Trinajstić information content (AvgIpc) is 2.62. The summed E-state index contributed by atoms with van der Waals surface area (Å²) in [7, 11) is 1.50. The molecule has 2 atom stereocenters. The van der Waals surface area contributed by atoms with Gasteiger partial charge in [-0.1, -0.05) is 39.0 Å². The number of benzene rings is 1. The smallest absolute Gasteiger partial charge is 0.269 e. The van der Waals surface area contributed by atoms with E-state index in [1.807, 2.05) is 13.8 Å². The molecule has 0 spiro atoms. The Morgan fingerprint density at radius 1 is 0.889 bits per heavy atom.